The number of para-hydroxylation sites is 1. The number of rotatable bonds is 3. The summed E-state index contributed by atoms with van der Waals surface area (Å²) in [5.74, 6) is 0.120. The summed E-state index contributed by atoms with van der Waals surface area (Å²) in [6.07, 6.45) is 1.47. The highest BCUT2D eigenvalue weighted by Crippen LogP contribution is 2.25. The molecular weight excluding hydrogens is 298 g/mol. The number of ketones is 1. The van der Waals surface area contributed by atoms with Crippen molar-refractivity contribution in [1.29, 1.82) is 0 Å². The molecule has 0 aliphatic heterocycles. The Morgan fingerprint density at radius 3 is 2.50 bits per heavy atom. The largest absolute Gasteiger partial charge is 0.383 e. The normalized spacial score (nSPS) is 10.6. The van der Waals surface area contributed by atoms with Gasteiger partial charge in [0.15, 0.2) is 5.78 Å². The standard InChI is InChI=1S/C17H14ClN3O/c1-11-6-8-12(9-7-11)16(22)13-10-20-21(17(13)19)15-5-3-2-4-14(15)18/h2-10H,19H2,1H3. The molecule has 3 aromatic rings. The molecule has 4 nitrogen and oxygen atoms in total. The van der Waals surface area contributed by atoms with Gasteiger partial charge in [-0.1, -0.05) is 53.6 Å². The van der Waals surface area contributed by atoms with Gasteiger partial charge < -0.3 is 5.73 Å². The van der Waals surface area contributed by atoms with Crippen LogP contribution in [0.4, 0.5) is 5.82 Å². The van der Waals surface area contributed by atoms with Gasteiger partial charge in [-0.3, -0.25) is 4.79 Å². The van der Waals surface area contributed by atoms with Crippen LogP contribution in [0.2, 0.25) is 5.02 Å². The molecule has 1 heterocycles. The zero-order valence-corrected chi connectivity index (χ0v) is 12.7. The Labute approximate surface area is 133 Å². The first-order valence-corrected chi connectivity index (χ1v) is 7.15. The highest BCUT2D eigenvalue weighted by atomic mass is 35.5. The van der Waals surface area contributed by atoms with Crippen LogP contribution in [0.25, 0.3) is 5.69 Å². The van der Waals surface area contributed by atoms with Crippen molar-refractivity contribution < 1.29 is 4.79 Å². The third-order valence-corrected chi connectivity index (χ3v) is 3.77. The fourth-order valence-electron chi connectivity index (χ4n) is 2.21. The first-order chi connectivity index (χ1) is 10.6. The van der Waals surface area contributed by atoms with Gasteiger partial charge in [-0.05, 0) is 19.1 Å². The molecule has 2 N–H and O–H groups in total. The summed E-state index contributed by atoms with van der Waals surface area (Å²) >= 11 is 6.15. The van der Waals surface area contributed by atoms with E-state index in [4.69, 9.17) is 17.3 Å². The summed E-state index contributed by atoms with van der Waals surface area (Å²) in [6, 6.07) is 14.6. The Balaban J connectivity index is 2.02. The Bertz CT molecular complexity index is 837. The third kappa shape index (κ3) is 2.49. The lowest BCUT2D eigenvalue weighted by molar-refractivity contribution is 0.103. The van der Waals surface area contributed by atoms with Crippen LogP contribution in [0.5, 0.6) is 0 Å². The van der Waals surface area contributed by atoms with Gasteiger partial charge in [0.2, 0.25) is 0 Å². The lowest BCUT2D eigenvalue weighted by Crippen LogP contribution is -2.07. The van der Waals surface area contributed by atoms with Crippen molar-refractivity contribution in [2.75, 3.05) is 5.73 Å². The molecule has 0 bridgehead atoms. The van der Waals surface area contributed by atoms with E-state index in [0.717, 1.165) is 5.56 Å². The van der Waals surface area contributed by atoms with Crippen molar-refractivity contribution in [2.24, 2.45) is 0 Å². The molecule has 0 saturated heterocycles. The maximum absolute atomic E-state index is 12.5. The summed E-state index contributed by atoms with van der Waals surface area (Å²) < 4.78 is 1.48. The van der Waals surface area contributed by atoms with Gasteiger partial charge in [-0.15, -0.1) is 0 Å². The topological polar surface area (TPSA) is 60.9 Å². The third-order valence-electron chi connectivity index (χ3n) is 3.45. The molecular formula is C17H14ClN3O. The smallest absolute Gasteiger partial charge is 0.198 e. The van der Waals surface area contributed by atoms with E-state index < -0.39 is 0 Å². The molecule has 5 heteroatoms. The minimum Gasteiger partial charge on any atom is -0.383 e. The van der Waals surface area contributed by atoms with Crippen molar-refractivity contribution in [2.45, 2.75) is 6.92 Å². The van der Waals surface area contributed by atoms with Crippen LogP contribution in [-0.2, 0) is 0 Å². The van der Waals surface area contributed by atoms with Crippen molar-refractivity contribution >= 4 is 23.2 Å². The molecule has 1 aromatic heterocycles. The van der Waals surface area contributed by atoms with E-state index in [9.17, 15) is 4.79 Å². The number of hydrogen-bond donors (Lipinski definition) is 1. The van der Waals surface area contributed by atoms with E-state index in [0.29, 0.717) is 21.8 Å². The average molecular weight is 312 g/mol. The number of nitrogen functional groups attached to an aromatic ring is 1. The predicted molar refractivity (Wildman–Crippen MR) is 87.6 cm³/mol. The summed E-state index contributed by atoms with van der Waals surface area (Å²) in [6.45, 7) is 1.97. The SMILES string of the molecule is Cc1ccc(C(=O)c2cnn(-c3ccccc3Cl)c2N)cc1. The van der Waals surface area contributed by atoms with Crippen LogP contribution >= 0.6 is 11.6 Å². The number of halogens is 1. The summed E-state index contributed by atoms with van der Waals surface area (Å²) in [5, 5.41) is 4.72. The molecule has 3 rings (SSSR count). The molecule has 0 spiro atoms. The van der Waals surface area contributed by atoms with Gasteiger partial charge >= 0.3 is 0 Å². The number of hydrogen-bond acceptors (Lipinski definition) is 3. The van der Waals surface area contributed by atoms with E-state index in [1.54, 1.807) is 24.3 Å². The quantitative estimate of drug-likeness (QED) is 0.751. The second-order valence-electron chi connectivity index (χ2n) is 5.00. The van der Waals surface area contributed by atoms with Crippen LogP contribution in [0.15, 0.2) is 54.7 Å². The Kier molecular flexibility index (Phi) is 3.69. The molecule has 0 saturated carbocycles. The summed E-state index contributed by atoms with van der Waals surface area (Å²) in [4.78, 5) is 12.5. The Morgan fingerprint density at radius 2 is 1.82 bits per heavy atom. The van der Waals surface area contributed by atoms with Crippen molar-refractivity contribution in [1.82, 2.24) is 9.78 Å². The molecule has 0 amide bonds. The maximum Gasteiger partial charge on any atom is 0.198 e. The number of benzene rings is 2. The highest BCUT2D eigenvalue weighted by Gasteiger charge is 2.18. The second kappa shape index (κ2) is 5.66. The minimum atomic E-state index is -0.157. The number of aromatic nitrogens is 2. The van der Waals surface area contributed by atoms with E-state index >= 15 is 0 Å². The molecule has 0 unspecified atom stereocenters. The molecule has 110 valence electrons. The van der Waals surface area contributed by atoms with E-state index in [2.05, 4.69) is 5.10 Å². The van der Waals surface area contributed by atoms with Crippen molar-refractivity contribution in [3.8, 4) is 5.69 Å². The van der Waals surface area contributed by atoms with Gasteiger partial charge in [0, 0.05) is 5.56 Å². The number of aryl methyl sites for hydroxylation is 1. The zero-order chi connectivity index (χ0) is 15.7. The lowest BCUT2D eigenvalue weighted by Gasteiger charge is -2.07. The maximum atomic E-state index is 12.5. The monoisotopic (exact) mass is 311 g/mol. The van der Waals surface area contributed by atoms with Gasteiger partial charge in [0.25, 0.3) is 0 Å². The predicted octanol–water partition coefficient (Wildman–Crippen LogP) is 3.65. The first-order valence-electron chi connectivity index (χ1n) is 6.77. The van der Waals surface area contributed by atoms with Gasteiger partial charge in [0.1, 0.15) is 5.82 Å². The van der Waals surface area contributed by atoms with Crippen molar-refractivity contribution in [3.05, 3.63) is 76.4 Å². The zero-order valence-electron chi connectivity index (χ0n) is 12.0. The minimum absolute atomic E-state index is 0.157. The van der Waals surface area contributed by atoms with E-state index in [1.807, 2.05) is 31.2 Å². The highest BCUT2D eigenvalue weighted by molar-refractivity contribution is 6.32. The number of carbonyl (C=O) groups excluding carboxylic acids is 1. The van der Waals surface area contributed by atoms with Gasteiger partial charge in [-0.2, -0.15) is 5.10 Å². The molecule has 0 atom stereocenters. The fourth-order valence-corrected chi connectivity index (χ4v) is 2.42. The summed E-state index contributed by atoms with van der Waals surface area (Å²) in [7, 11) is 0. The molecule has 0 fully saturated rings. The first kappa shape index (κ1) is 14.4. The lowest BCUT2D eigenvalue weighted by atomic mass is 10.0. The Morgan fingerprint density at radius 1 is 1.14 bits per heavy atom. The molecule has 0 radical (unpaired) electrons. The number of nitrogens with two attached hydrogens (primary N) is 1. The van der Waals surface area contributed by atoms with Crippen LogP contribution < -0.4 is 5.73 Å². The van der Waals surface area contributed by atoms with Crippen LogP contribution in [0, 0.1) is 6.92 Å². The second-order valence-corrected chi connectivity index (χ2v) is 5.41. The van der Waals surface area contributed by atoms with E-state index in [-0.39, 0.29) is 11.6 Å². The van der Waals surface area contributed by atoms with Crippen LogP contribution in [0.1, 0.15) is 21.5 Å². The van der Waals surface area contributed by atoms with Gasteiger partial charge in [-0.25, -0.2) is 4.68 Å². The molecule has 0 aliphatic carbocycles. The van der Waals surface area contributed by atoms with Crippen LogP contribution in [-0.4, -0.2) is 15.6 Å². The van der Waals surface area contributed by atoms with E-state index in [1.165, 1.54) is 10.9 Å². The fraction of sp³-hybridized carbons (Fsp3) is 0.0588. The number of anilines is 1. The number of carbonyl (C=O) groups is 1. The number of nitrogens with zero attached hydrogens (tertiary/aromatic N) is 2. The van der Waals surface area contributed by atoms with Gasteiger partial charge in [0.05, 0.1) is 22.5 Å². The molecule has 0 aliphatic rings. The molecule has 22 heavy (non-hydrogen) atoms. The molecule has 2 aromatic carbocycles. The van der Waals surface area contributed by atoms with Crippen LogP contribution in [0.3, 0.4) is 0 Å². The van der Waals surface area contributed by atoms with Crippen molar-refractivity contribution in [3.63, 3.8) is 0 Å². The summed E-state index contributed by atoms with van der Waals surface area (Å²) in [5.41, 5.74) is 8.77. The average Bonchev–Trinajstić information content (AvgIpc) is 2.89. The Hall–Kier alpha value is -2.59.